The molecule has 3 rings (SSSR count). The van der Waals surface area contributed by atoms with Crippen LogP contribution < -0.4 is 9.64 Å². The minimum absolute atomic E-state index is 0.176. The maximum absolute atomic E-state index is 12.8. The normalized spacial score (nSPS) is 20.2. The third-order valence-corrected chi connectivity index (χ3v) is 5.05. The number of anilines is 1. The van der Waals surface area contributed by atoms with E-state index in [0.717, 1.165) is 57.0 Å². The molecule has 6 heteroatoms. The minimum Gasteiger partial charge on any atom is -0.497 e. The van der Waals surface area contributed by atoms with Crippen molar-refractivity contribution in [2.75, 3.05) is 57.8 Å². The number of β-amino-alcohol motifs (C(OH)–C–C–N with tert-alkyl or cyclic N) is 1. The van der Waals surface area contributed by atoms with Gasteiger partial charge in [-0.25, -0.2) is 0 Å². The van der Waals surface area contributed by atoms with Gasteiger partial charge in [-0.05, 0) is 43.5 Å². The van der Waals surface area contributed by atoms with Crippen molar-refractivity contribution in [3.8, 4) is 5.75 Å². The molecule has 0 radical (unpaired) electrons. The largest absolute Gasteiger partial charge is 0.497 e. The Labute approximate surface area is 150 Å². The van der Waals surface area contributed by atoms with Crippen LogP contribution in [0.25, 0.3) is 0 Å². The quantitative estimate of drug-likeness (QED) is 0.860. The first-order chi connectivity index (χ1) is 12.1. The molecule has 1 amide bonds. The Hall–Kier alpha value is -1.63. The first-order valence-electron chi connectivity index (χ1n) is 9.17. The first-order valence-corrected chi connectivity index (χ1v) is 9.17. The van der Waals surface area contributed by atoms with Crippen LogP contribution in [-0.2, 0) is 11.2 Å². The molecule has 0 aliphatic carbocycles. The molecule has 2 aliphatic rings. The average molecular weight is 347 g/mol. The Bertz CT molecular complexity index is 598. The summed E-state index contributed by atoms with van der Waals surface area (Å²) < 4.78 is 5.30. The number of ether oxygens (including phenoxy) is 1. The fraction of sp³-hybridized carbons (Fsp3) is 0.632. The number of aliphatic hydroxyl groups is 1. The molecule has 1 saturated heterocycles. The third-order valence-electron chi connectivity index (χ3n) is 5.05. The van der Waals surface area contributed by atoms with Crippen molar-refractivity contribution in [1.29, 1.82) is 0 Å². The van der Waals surface area contributed by atoms with E-state index in [4.69, 9.17) is 4.74 Å². The Morgan fingerprint density at radius 1 is 1.20 bits per heavy atom. The number of aliphatic hydroxyl groups excluding tert-OH is 1. The number of carbonyl (C=O) groups is 1. The number of fused-ring (bicyclic) bond motifs is 1. The summed E-state index contributed by atoms with van der Waals surface area (Å²) in [6.45, 7) is 7.36. The van der Waals surface area contributed by atoms with Crippen LogP contribution in [0.15, 0.2) is 18.2 Å². The Morgan fingerprint density at radius 3 is 2.60 bits per heavy atom. The van der Waals surface area contributed by atoms with Crippen LogP contribution in [0.5, 0.6) is 5.75 Å². The summed E-state index contributed by atoms with van der Waals surface area (Å²) in [5, 5.41) is 9.49. The van der Waals surface area contributed by atoms with E-state index < -0.39 is 0 Å². The van der Waals surface area contributed by atoms with Gasteiger partial charge in [0.25, 0.3) is 0 Å². The lowest BCUT2D eigenvalue weighted by atomic mass is 10.0. The number of benzene rings is 1. The number of carbonyl (C=O) groups excluding carboxylic acids is 1. The number of rotatable bonds is 5. The van der Waals surface area contributed by atoms with Crippen LogP contribution in [-0.4, -0.2) is 79.8 Å². The molecule has 0 aromatic heterocycles. The number of hydrogen-bond acceptors (Lipinski definition) is 5. The van der Waals surface area contributed by atoms with E-state index in [1.54, 1.807) is 7.11 Å². The topological polar surface area (TPSA) is 56.2 Å². The molecule has 138 valence electrons. The van der Waals surface area contributed by atoms with Gasteiger partial charge in [0.2, 0.25) is 5.91 Å². The van der Waals surface area contributed by atoms with Crippen molar-refractivity contribution in [3.05, 3.63) is 23.8 Å². The second-order valence-corrected chi connectivity index (χ2v) is 7.07. The maximum Gasteiger partial charge on any atom is 0.241 e. The third kappa shape index (κ3) is 4.51. The van der Waals surface area contributed by atoms with Crippen LogP contribution in [0.2, 0.25) is 0 Å². The summed E-state index contributed by atoms with van der Waals surface area (Å²) in [4.78, 5) is 19.3. The highest BCUT2D eigenvalue weighted by molar-refractivity contribution is 5.96. The van der Waals surface area contributed by atoms with Gasteiger partial charge in [0, 0.05) is 45.0 Å². The molecular formula is C19H29N3O3. The van der Waals surface area contributed by atoms with Gasteiger partial charge < -0.3 is 14.7 Å². The molecule has 0 unspecified atom stereocenters. The van der Waals surface area contributed by atoms with Gasteiger partial charge in [0.05, 0.1) is 19.8 Å². The van der Waals surface area contributed by atoms with Crippen molar-refractivity contribution in [2.45, 2.75) is 25.9 Å². The summed E-state index contributed by atoms with van der Waals surface area (Å²) in [6.07, 6.45) is 1.69. The molecule has 0 spiro atoms. The Balaban J connectivity index is 1.58. The number of amides is 1. The van der Waals surface area contributed by atoms with Gasteiger partial charge in [-0.15, -0.1) is 0 Å². The van der Waals surface area contributed by atoms with E-state index in [1.807, 2.05) is 30.0 Å². The fourth-order valence-corrected chi connectivity index (χ4v) is 3.74. The highest BCUT2D eigenvalue weighted by Crippen LogP contribution is 2.30. The lowest BCUT2D eigenvalue weighted by Gasteiger charge is -2.36. The minimum atomic E-state index is -0.296. The monoisotopic (exact) mass is 347 g/mol. The average Bonchev–Trinajstić information content (AvgIpc) is 2.61. The number of hydrogen-bond donors (Lipinski definition) is 1. The van der Waals surface area contributed by atoms with Crippen LogP contribution in [0, 0.1) is 0 Å². The predicted octanol–water partition coefficient (Wildman–Crippen LogP) is 0.973. The molecule has 2 aliphatic heterocycles. The molecule has 0 saturated carbocycles. The van der Waals surface area contributed by atoms with Gasteiger partial charge in [-0.3, -0.25) is 14.6 Å². The molecule has 6 nitrogen and oxygen atoms in total. The summed E-state index contributed by atoms with van der Waals surface area (Å²) in [6, 6.07) is 5.98. The lowest BCUT2D eigenvalue weighted by molar-refractivity contribution is -0.120. The molecule has 25 heavy (non-hydrogen) atoms. The lowest BCUT2D eigenvalue weighted by Crippen LogP contribution is -2.51. The van der Waals surface area contributed by atoms with Crippen molar-refractivity contribution in [1.82, 2.24) is 9.80 Å². The van der Waals surface area contributed by atoms with Crippen molar-refractivity contribution >= 4 is 11.6 Å². The molecule has 0 bridgehead atoms. The summed E-state index contributed by atoms with van der Waals surface area (Å²) in [5.74, 6) is 1.03. The van der Waals surface area contributed by atoms with Crippen LogP contribution >= 0.6 is 0 Å². The van der Waals surface area contributed by atoms with Crippen molar-refractivity contribution < 1.29 is 14.6 Å². The zero-order valence-electron chi connectivity index (χ0n) is 15.3. The van der Waals surface area contributed by atoms with Crippen molar-refractivity contribution in [2.24, 2.45) is 0 Å². The molecule has 1 N–H and O–H groups in total. The smallest absolute Gasteiger partial charge is 0.241 e. The van der Waals surface area contributed by atoms with E-state index in [1.165, 1.54) is 5.56 Å². The molecule has 1 aromatic rings. The van der Waals surface area contributed by atoms with Gasteiger partial charge >= 0.3 is 0 Å². The van der Waals surface area contributed by atoms with Crippen molar-refractivity contribution in [3.63, 3.8) is 0 Å². The van der Waals surface area contributed by atoms with E-state index >= 15 is 0 Å². The van der Waals surface area contributed by atoms with E-state index in [2.05, 4.69) is 9.80 Å². The van der Waals surface area contributed by atoms with Crippen LogP contribution in [0.1, 0.15) is 18.9 Å². The molecular weight excluding hydrogens is 318 g/mol. The van der Waals surface area contributed by atoms with Gasteiger partial charge in [0.15, 0.2) is 0 Å². The zero-order chi connectivity index (χ0) is 17.8. The highest BCUT2D eigenvalue weighted by Gasteiger charge is 2.26. The summed E-state index contributed by atoms with van der Waals surface area (Å²) in [5.41, 5.74) is 2.23. The van der Waals surface area contributed by atoms with Crippen LogP contribution in [0.4, 0.5) is 5.69 Å². The molecule has 2 heterocycles. The summed E-state index contributed by atoms with van der Waals surface area (Å²) >= 11 is 0. The number of methoxy groups -OCH3 is 1. The van der Waals surface area contributed by atoms with E-state index in [-0.39, 0.29) is 12.0 Å². The molecule has 1 aromatic carbocycles. The first kappa shape index (κ1) is 18.2. The zero-order valence-corrected chi connectivity index (χ0v) is 15.3. The fourth-order valence-electron chi connectivity index (χ4n) is 3.74. The van der Waals surface area contributed by atoms with Gasteiger partial charge in [-0.2, -0.15) is 0 Å². The summed E-state index contributed by atoms with van der Waals surface area (Å²) in [7, 11) is 1.67. The van der Waals surface area contributed by atoms with Gasteiger partial charge in [0.1, 0.15) is 5.75 Å². The Morgan fingerprint density at radius 2 is 1.92 bits per heavy atom. The number of nitrogens with zero attached hydrogens (tertiary/aromatic N) is 3. The second-order valence-electron chi connectivity index (χ2n) is 7.07. The molecule has 1 fully saturated rings. The SMILES string of the molecule is COc1ccc2c(c1)CCCN2C(=O)CN1CCN(C[C@H](C)O)CC1. The second kappa shape index (κ2) is 8.17. The number of aryl methyl sites for hydroxylation is 1. The van der Waals surface area contributed by atoms with Gasteiger partial charge in [-0.1, -0.05) is 0 Å². The van der Waals surface area contributed by atoms with E-state index in [0.29, 0.717) is 13.1 Å². The van der Waals surface area contributed by atoms with E-state index in [9.17, 15) is 9.90 Å². The highest BCUT2D eigenvalue weighted by atomic mass is 16.5. The number of piperazine rings is 1. The predicted molar refractivity (Wildman–Crippen MR) is 98.2 cm³/mol. The maximum atomic E-state index is 12.8. The standard InChI is InChI=1S/C19H29N3O3/c1-15(23)13-20-8-10-21(11-9-20)14-19(24)22-7-3-4-16-12-17(25-2)5-6-18(16)22/h5-6,12,15,23H,3-4,7-11,13-14H2,1-2H3/t15-/m0/s1. The molecule has 1 atom stereocenters. The Kier molecular flexibility index (Phi) is 5.93. The van der Waals surface area contributed by atoms with Crippen LogP contribution in [0.3, 0.4) is 0 Å².